The Morgan fingerprint density at radius 3 is 1.75 bits per heavy atom. The maximum absolute atomic E-state index is 11.0. The normalized spacial score (nSPS) is 12.3. The van der Waals surface area contributed by atoms with Crippen LogP contribution in [0.2, 0.25) is 0 Å². The van der Waals surface area contributed by atoms with E-state index in [4.69, 9.17) is 19.3 Å². The number of carbonyl (C=O) groups is 1. The van der Waals surface area contributed by atoms with Gasteiger partial charge in [0.1, 0.15) is 12.7 Å². The van der Waals surface area contributed by atoms with Crippen molar-refractivity contribution in [1.29, 1.82) is 0 Å². The van der Waals surface area contributed by atoms with Crippen LogP contribution in [0.4, 0.5) is 0 Å². The van der Waals surface area contributed by atoms with Crippen molar-refractivity contribution >= 4 is 5.97 Å². The second-order valence-corrected chi connectivity index (χ2v) is 6.25. The van der Waals surface area contributed by atoms with Crippen LogP contribution in [-0.4, -0.2) is 50.2 Å². The summed E-state index contributed by atoms with van der Waals surface area (Å²) in [7, 11) is 0. The van der Waals surface area contributed by atoms with Gasteiger partial charge in [0, 0.05) is 6.61 Å². The Morgan fingerprint density at radius 1 is 0.750 bits per heavy atom. The van der Waals surface area contributed by atoms with E-state index in [1.165, 1.54) is 64.7 Å². The molecule has 5 heteroatoms. The fourth-order valence-corrected chi connectivity index (χ4v) is 2.34. The van der Waals surface area contributed by atoms with Crippen LogP contribution in [0.25, 0.3) is 0 Å². The van der Waals surface area contributed by atoms with Crippen molar-refractivity contribution in [3.05, 3.63) is 0 Å². The van der Waals surface area contributed by atoms with Gasteiger partial charge in [-0.25, -0.2) is 4.79 Å². The maximum Gasteiger partial charge on any atom is 0.334 e. The molecule has 0 bridgehead atoms. The second-order valence-electron chi connectivity index (χ2n) is 6.25. The van der Waals surface area contributed by atoms with Crippen LogP contribution in [0.5, 0.6) is 0 Å². The van der Waals surface area contributed by atoms with Crippen LogP contribution in [0.15, 0.2) is 0 Å². The highest BCUT2D eigenvalue weighted by molar-refractivity contribution is 5.73. The number of rotatable bonds is 18. The topological polar surface area (TPSA) is 65.0 Å². The van der Waals surface area contributed by atoms with Crippen LogP contribution >= 0.6 is 0 Å². The third-order valence-electron chi connectivity index (χ3n) is 3.83. The molecule has 0 saturated heterocycles. The van der Waals surface area contributed by atoms with Gasteiger partial charge in [0.15, 0.2) is 0 Å². The van der Waals surface area contributed by atoms with Gasteiger partial charge in [-0.1, -0.05) is 64.7 Å². The van der Waals surface area contributed by atoms with Gasteiger partial charge >= 0.3 is 5.97 Å². The van der Waals surface area contributed by atoms with Crippen molar-refractivity contribution in [2.45, 2.75) is 84.2 Å². The monoisotopic (exact) mass is 346 g/mol. The molecule has 0 saturated carbocycles. The van der Waals surface area contributed by atoms with Gasteiger partial charge in [-0.05, 0) is 13.3 Å². The Kier molecular flexibility index (Phi) is 18.2. The van der Waals surface area contributed by atoms with Crippen molar-refractivity contribution in [3.63, 3.8) is 0 Å². The third-order valence-corrected chi connectivity index (χ3v) is 3.83. The first-order valence-corrected chi connectivity index (χ1v) is 9.68. The summed E-state index contributed by atoms with van der Waals surface area (Å²) < 4.78 is 15.5. The number of aliphatic hydroxyl groups excluding tert-OH is 1. The number of carbonyl (C=O) groups excluding carboxylic acids is 1. The zero-order valence-corrected chi connectivity index (χ0v) is 15.8. The molecule has 0 spiro atoms. The van der Waals surface area contributed by atoms with Gasteiger partial charge in [0.05, 0.1) is 19.8 Å². The number of hydrogen-bond donors (Lipinski definition) is 1. The summed E-state index contributed by atoms with van der Waals surface area (Å²) in [5.74, 6) is -0.615. The van der Waals surface area contributed by atoms with E-state index in [0.29, 0.717) is 19.8 Å². The minimum Gasteiger partial charge on any atom is -0.461 e. The Hall–Kier alpha value is -0.650. The molecule has 0 rings (SSSR count). The van der Waals surface area contributed by atoms with Gasteiger partial charge in [0.2, 0.25) is 0 Å². The number of aliphatic hydroxyl groups is 1. The van der Waals surface area contributed by atoms with Gasteiger partial charge in [0.25, 0.3) is 0 Å². The molecule has 144 valence electrons. The van der Waals surface area contributed by atoms with E-state index in [0.717, 1.165) is 13.0 Å². The number of hydrogen-bond acceptors (Lipinski definition) is 5. The molecule has 1 N–H and O–H groups in total. The SMILES string of the molecule is CCCCCCCCCCCCOCCOCCOC(=O)[C@@H](C)O. The number of ether oxygens (including phenoxy) is 3. The highest BCUT2D eigenvalue weighted by Gasteiger charge is 2.08. The molecule has 0 aliphatic carbocycles. The number of esters is 1. The molecule has 0 aliphatic heterocycles. The van der Waals surface area contributed by atoms with Crippen LogP contribution in [0.3, 0.4) is 0 Å². The quantitative estimate of drug-likeness (QED) is 0.301. The molecule has 5 nitrogen and oxygen atoms in total. The Morgan fingerprint density at radius 2 is 1.21 bits per heavy atom. The molecule has 0 fully saturated rings. The van der Waals surface area contributed by atoms with E-state index in [-0.39, 0.29) is 6.61 Å². The van der Waals surface area contributed by atoms with E-state index in [9.17, 15) is 4.79 Å². The average molecular weight is 347 g/mol. The molecular weight excluding hydrogens is 308 g/mol. The molecule has 0 unspecified atom stereocenters. The fraction of sp³-hybridized carbons (Fsp3) is 0.947. The van der Waals surface area contributed by atoms with Crippen LogP contribution in [-0.2, 0) is 19.0 Å². The lowest BCUT2D eigenvalue weighted by atomic mass is 10.1. The summed E-state index contributed by atoms with van der Waals surface area (Å²) in [6, 6.07) is 0. The minimum atomic E-state index is -1.07. The summed E-state index contributed by atoms with van der Waals surface area (Å²) in [5.41, 5.74) is 0. The smallest absolute Gasteiger partial charge is 0.334 e. The van der Waals surface area contributed by atoms with Crippen molar-refractivity contribution in [2.75, 3.05) is 33.0 Å². The summed E-state index contributed by atoms with van der Waals surface area (Å²) in [6.07, 6.45) is 12.2. The Bertz CT molecular complexity index is 268. The maximum atomic E-state index is 11.0. The first kappa shape index (κ1) is 23.4. The lowest BCUT2D eigenvalue weighted by Gasteiger charge is -2.08. The lowest BCUT2D eigenvalue weighted by Crippen LogP contribution is -2.21. The zero-order valence-electron chi connectivity index (χ0n) is 15.8. The summed E-state index contributed by atoms with van der Waals surface area (Å²) in [6.45, 7) is 6.00. The van der Waals surface area contributed by atoms with Gasteiger partial charge in [-0.2, -0.15) is 0 Å². The first-order valence-electron chi connectivity index (χ1n) is 9.68. The summed E-state index contributed by atoms with van der Waals surface area (Å²) >= 11 is 0. The van der Waals surface area contributed by atoms with Gasteiger partial charge in [-0.15, -0.1) is 0 Å². The largest absolute Gasteiger partial charge is 0.461 e. The van der Waals surface area contributed by atoms with E-state index in [2.05, 4.69) is 6.92 Å². The predicted molar refractivity (Wildman–Crippen MR) is 96.1 cm³/mol. The van der Waals surface area contributed by atoms with E-state index < -0.39 is 12.1 Å². The van der Waals surface area contributed by atoms with Crippen LogP contribution in [0, 0.1) is 0 Å². The van der Waals surface area contributed by atoms with E-state index in [1.54, 1.807) is 0 Å². The van der Waals surface area contributed by atoms with Crippen LogP contribution < -0.4 is 0 Å². The molecule has 0 aromatic carbocycles. The highest BCUT2D eigenvalue weighted by atomic mass is 16.6. The zero-order chi connectivity index (χ0) is 17.9. The standard InChI is InChI=1S/C19H38O5/c1-3-4-5-6-7-8-9-10-11-12-13-22-14-15-23-16-17-24-19(21)18(2)20/h18,20H,3-17H2,1-2H3/t18-/m1/s1. The average Bonchev–Trinajstić information content (AvgIpc) is 2.57. The van der Waals surface area contributed by atoms with E-state index in [1.807, 2.05) is 0 Å². The van der Waals surface area contributed by atoms with Crippen molar-refractivity contribution in [3.8, 4) is 0 Å². The molecule has 0 amide bonds. The molecule has 1 atom stereocenters. The molecule has 0 radical (unpaired) electrons. The molecule has 0 aromatic heterocycles. The van der Waals surface area contributed by atoms with E-state index >= 15 is 0 Å². The fourth-order valence-electron chi connectivity index (χ4n) is 2.34. The molecular formula is C19H38O5. The first-order chi connectivity index (χ1) is 11.7. The lowest BCUT2D eigenvalue weighted by molar-refractivity contribution is -0.154. The van der Waals surface area contributed by atoms with Gasteiger partial charge in [-0.3, -0.25) is 0 Å². The Balaban J connectivity index is 3.04. The molecule has 24 heavy (non-hydrogen) atoms. The predicted octanol–water partition coefficient (Wildman–Crippen LogP) is 3.86. The van der Waals surface area contributed by atoms with Crippen molar-refractivity contribution in [1.82, 2.24) is 0 Å². The van der Waals surface area contributed by atoms with Crippen LogP contribution in [0.1, 0.15) is 78.1 Å². The van der Waals surface area contributed by atoms with Gasteiger partial charge < -0.3 is 19.3 Å². The summed E-state index contributed by atoms with van der Waals surface area (Å²) in [4.78, 5) is 11.0. The molecule has 0 aromatic rings. The molecule has 0 aliphatic rings. The third kappa shape index (κ3) is 17.7. The van der Waals surface area contributed by atoms with Crippen molar-refractivity contribution < 1.29 is 24.1 Å². The highest BCUT2D eigenvalue weighted by Crippen LogP contribution is 2.10. The molecule has 0 heterocycles. The second kappa shape index (κ2) is 18.7. The summed E-state index contributed by atoms with van der Waals surface area (Å²) in [5, 5.41) is 8.92. The number of unbranched alkanes of at least 4 members (excludes halogenated alkanes) is 9. The Labute approximate surface area is 148 Å². The van der Waals surface area contributed by atoms with Crippen molar-refractivity contribution in [2.24, 2.45) is 0 Å². The minimum absolute atomic E-state index is 0.169.